The van der Waals surface area contributed by atoms with Crippen molar-refractivity contribution >= 4 is 11.7 Å². The Hall–Kier alpha value is -3.15. The second kappa shape index (κ2) is 8.10. The fourth-order valence-corrected chi connectivity index (χ4v) is 2.36. The number of aryl methyl sites for hydroxylation is 1. The topological polar surface area (TPSA) is 80.0 Å². The Bertz CT molecular complexity index is 813. The summed E-state index contributed by atoms with van der Waals surface area (Å²) in [5.41, 5.74) is 2.75. The number of amides is 2. The summed E-state index contributed by atoms with van der Waals surface area (Å²) in [6.45, 7) is 2.54. The van der Waals surface area contributed by atoms with Crippen LogP contribution in [0, 0.1) is 0 Å². The van der Waals surface area contributed by atoms with E-state index in [1.54, 1.807) is 0 Å². The van der Waals surface area contributed by atoms with Gasteiger partial charge in [0.1, 0.15) is 0 Å². The van der Waals surface area contributed by atoms with Crippen LogP contribution in [0.15, 0.2) is 59.1 Å². The number of rotatable bonds is 6. The lowest BCUT2D eigenvalue weighted by molar-refractivity contribution is 0.252. The number of carbonyl (C=O) groups excluding carboxylic acids is 1. The average Bonchev–Trinajstić information content (AvgIpc) is 3.12. The maximum absolute atomic E-state index is 11.9. The van der Waals surface area contributed by atoms with E-state index in [1.165, 1.54) is 5.56 Å². The Morgan fingerprint density at radius 1 is 1.08 bits per heavy atom. The highest BCUT2D eigenvalue weighted by Gasteiger charge is 2.07. The quantitative estimate of drug-likeness (QED) is 0.720. The molecule has 0 fully saturated rings. The van der Waals surface area contributed by atoms with Gasteiger partial charge in [-0.2, -0.15) is 4.98 Å². The smallest absolute Gasteiger partial charge is 0.319 e. The van der Waals surface area contributed by atoms with Crippen LogP contribution in [-0.4, -0.2) is 22.7 Å². The first-order valence-corrected chi connectivity index (χ1v) is 8.26. The van der Waals surface area contributed by atoms with Crippen molar-refractivity contribution in [3.8, 4) is 11.4 Å². The van der Waals surface area contributed by atoms with Crippen molar-refractivity contribution < 1.29 is 9.32 Å². The van der Waals surface area contributed by atoms with Crippen LogP contribution in [0.5, 0.6) is 0 Å². The molecule has 0 atom stereocenters. The van der Waals surface area contributed by atoms with Crippen LogP contribution in [0.3, 0.4) is 0 Å². The number of hydrogen-bond acceptors (Lipinski definition) is 4. The maximum atomic E-state index is 11.9. The number of anilines is 1. The molecule has 1 heterocycles. The van der Waals surface area contributed by atoms with E-state index in [0.717, 1.165) is 12.0 Å². The van der Waals surface area contributed by atoms with Gasteiger partial charge in [-0.3, -0.25) is 0 Å². The number of benzene rings is 2. The summed E-state index contributed by atoms with van der Waals surface area (Å²) in [6.07, 6.45) is 1.50. The van der Waals surface area contributed by atoms with E-state index in [2.05, 4.69) is 20.8 Å². The molecule has 0 saturated carbocycles. The molecule has 128 valence electrons. The normalized spacial score (nSPS) is 10.4. The minimum absolute atomic E-state index is 0.225. The molecular formula is C19H20N4O2. The lowest BCUT2D eigenvalue weighted by atomic mass is 10.1. The highest BCUT2D eigenvalue weighted by molar-refractivity contribution is 5.89. The highest BCUT2D eigenvalue weighted by atomic mass is 16.5. The Balaban J connectivity index is 1.50. The number of nitrogens with zero attached hydrogens (tertiary/aromatic N) is 2. The standard InChI is InChI=1S/C19H20N4O2/c1-2-17-22-18(23-25-17)15-8-10-16(11-9-15)21-19(24)20-13-12-14-6-4-3-5-7-14/h3-11H,2,12-13H2,1H3,(H2,20,21,24). The van der Waals surface area contributed by atoms with Gasteiger partial charge < -0.3 is 15.2 Å². The van der Waals surface area contributed by atoms with Crippen LogP contribution in [0.1, 0.15) is 18.4 Å². The summed E-state index contributed by atoms with van der Waals surface area (Å²) < 4.78 is 5.10. The zero-order chi connectivity index (χ0) is 17.5. The molecule has 25 heavy (non-hydrogen) atoms. The largest absolute Gasteiger partial charge is 0.339 e. The van der Waals surface area contributed by atoms with Gasteiger partial charge in [0, 0.05) is 24.2 Å². The van der Waals surface area contributed by atoms with Gasteiger partial charge in [-0.25, -0.2) is 4.79 Å². The molecule has 2 aromatic carbocycles. The third-order valence-electron chi connectivity index (χ3n) is 3.71. The van der Waals surface area contributed by atoms with Gasteiger partial charge >= 0.3 is 6.03 Å². The number of hydrogen-bond donors (Lipinski definition) is 2. The van der Waals surface area contributed by atoms with E-state index >= 15 is 0 Å². The van der Waals surface area contributed by atoms with E-state index in [-0.39, 0.29) is 6.03 Å². The molecule has 0 unspecified atom stereocenters. The van der Waals surface area contributed by atoms with Gasteiger partial charge in [-0.15, -0.1) is 0 Å². The Labute approximate surface area is 146 Å². The third-order valence-corrected chi connectivity index (χ3v) is 3.71. The summed E-state index contributed by atoms with van der Waals surface area (Å²) in [4.78, 5) is 16.2. The summed E-state index contributed by atoms with van der Waals surface area (Å²) >= 11 is 0. The molecule has 0 saturated heterocycles. The first-order valence-electron chi connectivity index (χ1n) is 8.26. The summed E-state index contributed by atoms with van der Waals surface area (Å²) in [7, 11) is 0. The first-order chi connectivity index (χ1) is 12.2. The molecule has 6 heteroatoms. The van der Waals surface area contributed by atoms with Crippen molar-refractivity contribution in [3.05, 3.63) is 66.1 Å². The van der Waals surface area contributed by atoms with Gasteiger partial charge in [-0.1, -0.05) is 42.4 Å². The predicted molar refractivity (Wildman–Crippen MR) is 96.3 cm³/mol. The molecule has 1 aromatic heterocycles. The molecule has 0 aliphatic carbocycles. The number of nitrogens with one attached hydrogen (secondary N) is 2. The van der Waals surface area contributed by atoms with Crippen molar-refractivity contribution in [3.63, 3.8) is 0 Å². The molecule has 2 N–H and O–H groups in total. The molecule has 0 aliphatic heterocycles. The SMILES string of the molecule is CCc1nc(-c2ccc(NC(=O)NCCc3ccccc3)cc2)no1. The monoisotopic (exact) mass is 336 g/mol. The zero-order valence-corrected chi connectivity index (χ0v) is 14.0. The van der Waals surface area contributed by atoms with Crippen LogP contribution >= 0.6 is 0 Å². The molecule has 0 spiro atoms. The first kappa shape index (κ1) is 16.7. The van der Waals surface area contributed by atoms with Crippen molar-refractivity contribution in [2.75, 3.05) is 11.9 Å². The second-order valence-corrected chi connectivity index (χ2v) is 5.56. The van der Waals surface area contributed by atoms with Gasteiger partial charge in [0.25, 0.3) is 0 Å². The number of carbonyl (C=O) groups is 1. The molecule has 0 radical (unpaired) electrons. The minimum Gasteiger partial charge on any atom is -0.339 e. The number of aromatic nitrogens is 2. The lowest BCUT2D eigenvalue weighted by Gasteiger charge is -2.08. The van der Waals surface area contributed by atoms with Gasteiger partial charge in [0.05, 0.1) is 0 Å². The van der Waals surface area contributed by atoms with E-state index in [1.807, 2.05) is 61.5 Å². The summed E-state index contributed by atoms with van der Waals surface area (Å²) in [6, 6.07) is 17.1. The number of urea groups is 1. The van der Waals surface area contributed by atoms with Crippen molar-refractivity contribution in [1.82, 2.24) is 15.5 Å². The maximum Gasteiger partial charge on any atom is 0.319 e. The predicted octanol–water partition coefficient (Wildman–Crippen LogP) is 3.66. The van der Waals surface area contributed by atoms with Crippen molar-refractivity contribution in [1.29, 1.82) is 0 Å². The minimum atomic E-state index is -0.225. The Morgan fingerprint density at radius 2 is 1.84 bits per heavy atom. The summed E-state index contributed by atoms with van der Waals surface area (Å²) in [5.74, 6) is 1.16. The van der Waals surface area contributed by atoms with Crippen LogP contribution in [0.25, 0.3) is 11.4 Å². The van der Waals surface area contributed by atoms with Gasteiger partial charge in [-0.05, 0) is 36.2 Å². The fourth-order valence-electron chi connectivity index (χ4n) is 2.36. The van der Waals surface area contributed by atoms with Gasteiger partial charge in [0.2, 0.25) is 11.7 Å². The zero-order valence-electron chi connectivity index (χ0n) is 14.0. The van der Waals surface area contributed by atoms with Crippen LogP contribution in [0.2, 0.25) is 0 Å². The van der Waals surface area contributed by atoms with Crippen molar-refractivity contribution in [2.24, 2.45) is 0 Å². The second-order valence-electron chi connectivity index (χ2n) is 5.56. The van der Waals surface area contributed by atoms with Crippen LogP contribution in [-0.2, 0) is 12.8 Å². The van der Waals surface area contributed by atoms with Crippen molar-refractivity contribution in [2.45, 2.75) is 19.8 Å². The summed E-state index contributed by atoms with van der Waals surface area (Å²) in [5, 5.41) is 9.59. The molecule has 0 bridgehead atoms. The Morgan fingerprint density at radius 3 is 2.52 bits per heavy atom. The highest BCUT2D eigenvalue weighted by Crippen LogP contribution is 2.18. The van der Waals surface area contributed by atoms with E-state index in [4.69, 9.17) is 4.52 Å². The fraction of sp³-hybridized carbons (Fsp3) is 0.211. The lowest BCUT2D eigenvalue weighted by Crippen LogP contribution is -2.30. The van der Waals surface area contributed by atoms with E-state index in [0.29, 0.717) is 30.4 Å². The Kier molecular flexibility index (Phi) is 5.41. The van der Waals surface area contributed by atoms with E-state index < -0.39 is 0 Å². The third kappa shape index (κ3) is 4.67. The average molecular weight is 336 g/mol. The van der Waals surface area contributed by atoms with Gasteiger partial charge in [0.15, 0.2) is 0 Å². The van der Waals surface area contributed by atoms with Crippen LogP contribution < -0.4 is 10.6 Å². The van der Waals surface area contributed by atoms with Crippen LogP contribution in [0.4, 0.5) is 10.5 Å². The molecular weight excluding hydrogens is 316 g/mol. The van der Waals surface area contributed by atoms with E-state index in [9.17, 15) is 4.79 Å². The molecule has 0 aliphatic rings. The molecule has 2 amide bonds. The molecule has 6 nitrogen and oxygen atoms in total. The molecule has 3 aromatic rings. The molecule has 3 rings (SSSR count).